The summed E-state index contributed by atoms with van der Waals surface area (Å²) in [6, 6.07) is 5.01. The van der Waals surface area contributed by atoms with Gasteiger partial charge in [-0.2, -0.15) is 0 Å². The Hall–Kier alpha value is -2.59. The Kier molecular flexibility index (Phi) is 8.82. The lowest BCUT2D eigenvalue weighted by atomic mass is 10.0. The highest BCUT2D eigenvalue weighted by Gasteiger charge is 2.42. The molecule has 3 amide bonds. The van der Waals surface area contributed by atoms with E-state index in [4.69, 9.17) is 39.5 Å². The van der Waals surface area contributed by atoms with Crippen LogP contribution >= 0.6 is 34.8 Å². The number of ether oxygens (including phenoxy) is 1. The largest absolute Gasteiger partial charge is 0.424 e. The van der Waals surface area contributed by atoms with Gasteiger partial charge in [-0.15, -0.1) is 0 Å². The van der Waals surface area contributed by atoms with Crippen LogP contribution in [0.25, 0.3) is 0 Å². The first-order valence-electron chi connectivity index (χ1n) is 10.9. The van der Waals surface area contributed by atoms with E-state index >= 15 is 0 Å². The smallest absolute Gasteiger partial charge is 0.413 e. The number of amides is 3. The van der Waals surface area contributed by atoms with E-state index in [0.717, 1.165) is 5.56 Å². The molecule has 0 aliphatic carbocycles. The van der Waals surface area contributed by atoms with E-state index in [2.05, 4.69) is 20.9 Å². The molecule has 2 heterocycles. The molecular weight excluding hydrogens is 517 g/mol. The summed E-state index contributed by atoms with van der Waals surface area (Å²) in [4.78, 5) is 44.6. The van der Waals surface area contributed by atoms with Gasteiger partial charge in [-0.3, -0.25) is 19.8 Å². The molecule has 1 aliphatic heterocycles. The van der Waals surface area contributed by atoms with Crippen LogP contribution in [0.4, 0.5) is 16.3 Å². The second kappa shape index (κ2) is 11.4. The summed E-state index contributed by atoms with van der Waals surface area (Å²) in [6.07, 6.45) is -0.116. The van der Waals surface area contributed by atoms with Crippen LogP contribution in [0, 0.1) is 5.92 Å². The van der Waals surface area contributed by atoms with Crippen LogP contribution in [-0.4, -0.2) is 48.3 Å². The van der Waals surface area contributed by atoms with Crippen LogP contribution in [0.1, 0.15) is 26.3 Å². The third-order valence-corrected chi connectivity index (χ3v) is 6.36. The second-order valence-electron chi connectivity index (χ2n) is 8.37. The van der Waals surface area contributed by atoms with Gasteiger partial charge in [-0.1, -0.05) is 54.7 Å². The van der Waals surface area contributed by atoms with Crippen LogP contribution in [0.5, 0.6) is 0 Å². The van der Waals surface area contributed by atoms with Crippen molar-refractivity contribution >= 4 is 64.2 Å². The summed E-state index contributed by atoms with van der Waals surface area (Å²) in [6.45, 7) is 5.32. The van der Waals surface area contributed by atoms with Gasteiger partial charge in [-0.05, 0) is 38.1 Å². The van der Waals surface area contributed by atoms with Crippen molar-refractivity contribution in [1.29, 1.82) is 0 Å². The zero-order chi connectivity index (χ0) is 25.9. The highest BCUT2D eigenvalue weighted by Crippen LogP contribution is 2.35. The molecule has 9 nitrogen and oxygen atoms in total. The molecule has 1 aromatic heterocycles. The molecule has 0 fully saturated rings. The number of benzene rings is 1. The predicted molar refractivity (Wildman–Crippen MR) is 136 cm³/mol. The number of nitrogens with one attached hydrogen (secondary N) is 3. The number of aromatic nitrogens is 1. The maximum absolute atomic E-state index is 13.7. The lowest BCUT2D eigenvalue weighted by molar-refractivity contribution is -0.130. The summed E-state index contributed by atoms with van der Waals surface area (Å²) in [5, 5.41) is 8.70. The normalized spacial score (nSPS) is 16.5. The molecule has 3 N–H and O–H groups in total. The fourth-order valence-corrected chi connectivity index (χ4v) is 4.46. The van der Waals surface area contributed by atoms with Gasteiger partial charge >= 0.3 is 6.09 Å². The number of hydrogen-bond donors (Lipinski definition) is 3. The van der Waals surface area contributed by atoms with Gasteiger partial charge in [0.05, 0.1) is 21.8 Å². The van der Waals surface area contributed by atoms with E-state index in [1.807, 2.05) is 13.8 Å². The lowest BCUT2D eigenvalue weighted by Gasteiger charge is -2.31. The van der Waals surface area contributed by atoms with E-state index in [9.17, 15) is 14.4 Å². The average Bonchev–Trinajstić information content (AvgIpc) is 3.16. The fourth-order valence-electron chi connectivity index (χ4n) is 3.55. The summed E-state index contributed by atoms with van der Waals surface area (Å²) >= 11 is 18.2. The monoisotopic (exact) mass is 541 g/mol. The highest BCUT2D eigenvalue weighted by molar-refractivity contribution is 6.42. The predicted octanol–water partition coefficient (Wildman–Crippen LogP) is 4.25. The van der Waals surface area contributed by atoms with Crippen LogP contribution in [0.2, 0.25) is 15.1 Å². The number of pyridine rings is 1. The van der Waals surface area contributed by atoms with E-state index in [-0.39, 0.29) is 34.0 Å². The zero-order valence-corrected chi connectivity index (χ0v) is 21.8. The van der Waals surface area contributed by atoms with Gasteiger partial charge in [0.15, 0.2) is 6.23 Å². The van der Waals surface area contributed by atoms with Crippen molar-refractivity contribution in [2.75, 3.05) is 17.3 Å². The first-order chi connectivity index (χ1) is 16.5. The van der Waals surface area contributed by atoms with Crippen molar-refractivity contribution in [3.63, 3.8) is 0 Å². The second-order valence-corrected chi connectivity index (χ2v) is 9.62. The van der Waals surface area contributed by atoms with Crippen molar-refractivity contribution in [2.24, 2.45) is 5.92 Å². The molecule has 3 atom stereocenters. The summed E-state index contributed by atoms with van der Waals surface area (Å²) in [5.74, 6) is -0.666. The minimum Gasteiger partial charge on any atom is -0.424 e. The third kappa shape index (κ3) is 6.16. The average molecular weight is 543 g/mol. The van der Waals surface area contributed by atoms with Crippen LogP contribution < -0.4 is 20.9 Å². The third-order valence-electron chi connectivity index (χ3n) is 5.55. The Morgan fingerprint density at radius 1 is 1.14 bits per heavy atom. The minimum absolute atomic E-state index is 0.127. The number of fused-ring (bicyclic) bond motifs is 1. The summed E-state index contributed by atoms with van der Waals surface area (Å²) < 4.78 is 5.61. The summed E-state index contributed by atoms with van der Waals surface area (Å²) in [7, 11) is 1.65. The van der Waals surface area contributed by atoms with Crippen LogP contribution in [-0.2, 0) is 20.7 Å². The summed E-state index contributed by atoms with van der Waals surface area (Å²) in [5.41, 5.74) is 0.848. The number of rotatable bonds is 7. The Morgan fingerprint density at radius 3 is 2.40 bits per heavy atom. The van der Waals surface area contributed by atoms with Crippen molar-refractivity contribution < 1.29 is 19.1 Å². The first-order valence-corrected chi connectivity index (χ1v) is 12.0. The van der Waals surface area contributed by atoms with E-state index in [0.29, 0.717) is 10.8 Å². The molecule has 2 aromatic rings. The molecule has 0 radical (unpaired) electrons. The molecule has 3 rings (SSSR count). The number of carbonyl (C=O) groups is 3. The number of hydrogen-bond acceptors (Lipinski definition) is 6. The molecular formula is C23H26Cl3N5O4. The first kappa shape index (κ1) is 27.0. The fraction of sp³-hybridized carbons (Fsp3) is 0.391. The topological polar surface area (TPSA) is 113 Å². The molecule has 1 aromatic carbocycles. The maximum Gasteiger partial charge on any atom is 0.413 e. The number of likely N-dealkylation sites (N-methyl/N-ethyl adjacent to an activating group) is 1. The molecule has 188 valence electrons. The van der Waals surface area contributed by atoms with Crippen molar-refractivity contribution in [3.8, 4) is 0 Å². The SMILES string of the molecule is CN[C@@H](C)C(=O)N[C@H](C(=O)N1c2ncccc2C[C@@H]1OC(=O)Nc1c(Cl)cc(Cl)cc1Cl)C(C)C. The van der Waals surface area contributed by atoms with Gasteiger partial charge in [0.2, 0.25) is 5.91 Å². The van der Waals surface area contributed by atoms with Crippen molar-refractivity contribution in [1.82, 2.24) is 15.6 Å². The van der Waals surface area contributed by atoms with Gasteiger partial charge in [0.25, 0.3) is 5.91 Å². The number of carbonyl (C=O) groups excluding carboxylic acids is 3. The van der Waals surface area contributed by atoms with Gasteiger partial charge < -0.3 is 15.4 Å². The van der Waals surface area contributed by atoms with Crippen LogP contribution in [0.15, 0.2) is 30.5 Å². The minimum atomic E-state index is -1.00. The molecule has 0 saturated carbocycles. The Bertz CT molecular complexity index is 1110. The molecule has 0 saturated heterocycles. The molecule has 1 aliphatic rings. The molecule has 0 bridgehead atoms. The maximum atomic E-state index is 13.7. The standard InChI is InChI=1S/C23H26Cl3N5O4/c1-11(2)18(29-21(32)12(3)27-4)22(33)31-17(8-13-6-5-7-28-20(13)31)35-23(34)30-19-15(25)9-14(24)10-16(19)26/h5-7,9-12,17-18,27H,8H2,1-4H3,(H,29,32)(H,30,34)/t12-,17-,18-/m0/s1. The van der Waals surface area contributed by atoms with Crippen LogP contribution in [0.3, 0.4) is 0 Å². The molecule has 0 spiro atoms. The van der Waals surface area contributed by atoms with Crippen molar-refractivity contribution in [3.05, 3.63) is 51.1 Å². The van der Waals surface area contributed by atoms with Crippen molar-refractivity contribution in [2.45, 2.75) is 45.5 Å². The zero-order valence-electron chi connectivity index (χ0n) is 19.6. The van der Waals surface area contributed by atoms with Gasteiger partial charge in [-0.25, -0.2) is 9.78 Å². The quantitative estimate of drug-likeness (QED) is 0.482. The number of halogens is 3. The molecule has 35 heavy (non-hydrogen) atoms. The number of nitrogens with zero attached hydrogens (tertiary/aromatic N) is 2. The Morgan fingerprint density at radius 2 is 1.80 bits per heavy atom. The van der Waals surface area contributed by atoms with Gasteiger partial charge in [0.1, 0.15) is 11.9 Å². The van der Waals surface area contributed by atoms with E-state index < -0.39 is 30.3 Å². The van der Waals surface area contributed by atoms with Gasteiger partial charge in [0, 0.05) is 23.2 Å². The number of anilines is 2. The molecule has 0 unspecified atom stereocenters. The lowest BCUT2D eigenvalue weighted by Crippen LogP contribution is -2.56. The Balaban J connectivity index is 1.85. The highest BCUT2D eigenvalue weighted by atomic mass is 35.5. The van der Waals surface area contributed by atoms with E-state index in [1.165, 1.54) is 17.0 Å². The Labute approximate surface area is 218 Å². The molecule has 12 heteroatoms. The van der Waals surface area contributed by atoms with E-state index in [1.54, 1.807) is 32.3 Å².